The zero-order chi connectivity index (χ0) is 12.9. The molecule has 1 saturated heterocycles. The maximum Gasteiger partial charge on any atom is 0.422 e. The van der Waals surface area contributed by atoms with Crippen LogP contribution in [0.15, 0.2) is 12.2 Å². The van der Waals surface area contributed by atoms with Gasteiger partial charge in [0.25, 0.3) is 0 Å². The standard InChI is InChI=1S/C9H11F3O4S/c1-6(9(10,11)12)8(13)16-5-15-7-4-17-3-2-14-7/h7H,1-5H2. The Kier molecular flexibility index (Phi) is 5.29. The predicted molar refractivity (Wildman–Crippen MR) is 54.3 cm³/mol. The van der Waals surface area contributed by atoms with Crippen molar-refractivity contribution in [2.45, 2.75) is 12.5 Å². The predicted octanol–water partition coefficient (Wildman–Crippen LogP) is 1.71. The van der Waals surface area contributed by atoms with Crippen LogP contribution in [0.25, 0.3) is 0 Å². The lowest BCUT2D eigenvalue weighted by Crippen LogP contribution is -2.28. The van der Waals surface area contributed by atoms with E-state index in [2.05, 4.69) is 11.3 Å². The van der Waals surface area contributed by atoms with Gasteiger partial charge in [-0.2, -0.15) is 24.9 Å². The van der Waals surface area contributed by atoms with Crippen molar-refractivity contribution in [3.05, 3.63) is 12.2 Å². The van der Waals surface area contributed by atoms with Crippen LogP contribution >= 0.6 is 11.8 Å². The second kappa shape index (κ2) is 6.27. The Bertz CT molecular complexity index is 286. The average molecular weight is 272 g/mol. The van der Waals surface area contributed by atoms with Crippen LogP contribution < -0.4 is 0 Å². The van der Waals surface area contributed by atoms with E-state index in [9.17, 15) is 18.0 Å². The number of hydrogen-bond acceptors (Lipinski definition) is 5. The van der Waals surface area contributed by atoms with Gasteiger partial charge in [0.2, 0.25) is 0 Å². The molecule has 17 heavy (non-hydrogen) atoms. The third-order valence-electron chi connectivity index (χ3n) is 1.82. The van der Waals surface area contributed by atoms with Crippen molar-refractivity contribution in [1.82, 2.24) is 0 Å². The topological polar surface area (TPSA) is 44.8 Å². The van der Waals surface area contributed by atoms with E-state index in [0.717, 1.165) is 5.75 Å². The average Bonchev–Trinajstić information content (AvgIpc) is 2.28. The molecule has 1 fully saturated rings. The van der Waals surface area contributed by atoms with Gasteiger partial charge >= 0.3 is 12.1 Å². The van der Waals surface area contributed by atoms with Crippen LogP contribution in [0.3, 0.4) is 0 Å². The Balaban J connectivity index is 2.22. The lowest BCUT2D eigenvalue weighted by molar-refractivity contribution is -0.193. The lowest BCUT2D eigenvalue weighted by Gasteiger charge is -2.22. The minimum Gasteiger partial charge on any atom is -0.435 e. The van der Waals surface area contributed by atoms with Gasteiger partial charge in [-0.25, -0.2) is 4.79 Å². The largest absolute Gasteiger partial charge is 0.435 e. The molecule has 0 N–H and O–H groups in total. The Labute approximate surface area is 100 Å². The van der Waals surface area contributed by atoms with Crippen molar-refractivity contribution in [1.29, 1.82) is 0 Å². The van der Waals surface area contributed by atoms with E-state index in [1.54, 1.807) is 11.8 Å². The van der Waals surface area contributed by atoms with E-state index in [1.165, 1.54) is 0 Å². The highest BCUT2D eigenvalue weighted by molar-refractivity contribution is 7.99. The molecule has 0 aromatic rings. The summed E-state index contributed by atoms with van der Waals surface area (Å²) in [5.41, 5.74) is -1.56. The SMILES string of the molecule is C=C(C(=O)OCOC1CSCCO1)C(F)(F)F. The van der Waals surface area contributed by atoms with Gasteiger partial charge in [0.05, 0.1) is 6.61 Å². The summed E-state index contributed by atoms with van der Waals surface area (Å²) < 4.78 is 50.3. The van der Waals surface area contributed by atoms with Crippen LogP contribution in [0.4, 0.5) is 13.2 Å². The first-order valence-corrected chi connectivity index (χ1v) is 5.81. The summed E-state index contributed by atoms with van der Waals surface area (Å²) >= 11 is 1.58. The third kappa shape index (κ3) is 4.97. The van der Waals surface area contributed by atoms with Gasteiger partial charge in [0, 0.05) is 11.5 Å². The van der Waals surface area contributed by atoms with Crippen molar-refractivity contribution >= 4 is 17.7 Å². The van der Waals surface area contributed by atoms with Gasteiger partial charge in [0.1, 0.15) is 5.57 Å². The van der Waals surface area contributed by atoms with Crippen molar-refractivity contribution < 1.29 is 32.2 Å². The molecule has 0 radical (unpaired) electrons. The smallest absolute Gasteiger partial charge is 0.422 e. The number of carbonyl (C=O) groups is 1. The molecule has 0 aromatic carbocycles. The summed E-state index contributed by atoms with van der Waals surface area (Å²) in [6.45, 7) is 2.52. The fourth-order valence-corrected chi connectivity index (χ4v) is 1.69. The molecule has 1 unspecified atom stereocenters. The monoisotopic (exact) mass is 272 g/mol. The van der Waals surface area contributed by atoms with Gasteiger partial charge in [-0.05, 0) is 0 Å². The highest BCUT2D eigenvalue weighted by atomic mass is 32.2. The number of thioether (sulfide) groups is 1. The zero-order valence-corrected chi connectivity index (χ0v) is 9.60. The molecule has 0 saturated carbocycles. The van der Waals surface area contributed by atoms with Crippen LogP contribution in [0.1, 0.15) is 0 Å². The Morgan fingerprint density at radius 3 is 2.76 bits per heavy atom. The van der Waals surface area contributed by atoms with Gasteiger partial charge in [-0.3, -0.25) is 0 Å². The third-order valence-corrected chi connectivity index (χ3v) is 2.78. The summed E-state index contributed by atoms with van der Waals surface area (Å²) in [6, 6.07) is 0. The summed E-state index contributed by atoms with van der Waals surface area (Å²) in [5, 5.41) is 0. The zero-order valence-electron chi connectivity index (χ0n) is 8.79. The molecule has 0 spiro atoms. The van der Waals surface area contributed by atoms with Gasteiger partial charge in [-0.1, -0.05) is 6.58 Å². The van der Waals surface area contributed by atoms with Crippen LogP contribution in [-0.2, 0) is 19.0 Å². The van der Waals surface area contributed by atoms with Crippen molar-refractivity contribution in [3.8, 4) is 0 Å². The number of halogens is 3. The van der Waals surface area contributed by atoms with Crippen LogP contribution in [-0.4, -0.2) is 43.3 Å². The minimum atomic E-state index is -4.78. The number of rotatable bonds is 4. The number of esters is 1. The highest BCUT2D eigenvalue weighted by Gasteiger charge is 2.38. The molecule has 98 valence electrons. The van der Waals surface area contributed by atoms with Gasteiger partial charge in [0.15, 0.2) is 13.1 Å². The molecular formula is C9H11F3O4S. The number of alkyl halides is 3. The van der Waals surface area contributed by atoms with E-state index in [-0.39, 0.29) is 0 Å². The first kappa shape index (κ1) is 14.3. The van der Waals surface area contributed by atoms with E-state index in [0.29, 0.717) is 12.4 Å². The lowest BCUT2D eigenvalue weighted by atomic mass is 10.3. The molecule has 0 aliphatic carbocycles. The van der Waals surface area contributed by atoms with Crippen LogP contribution in [0.5, 0.6) is 0 Å². The molecule has 0 amide bonds. The Hall–Kier alpha value is -0.730. The second-order valence-electron chi connectivity index (χ2n) is 3.07. The van der Waals surface area contributed by atoms with Crippen LogP contribution in [0, 0.1) is 0 Å². The quantitative estimate of drug-likeness (QED) is 0.443. The van der Waals surface area contributed by atoms with Gasteiger partial charge < -0.3 is 14.2 Å². The van der Waals surface area contributed by atoms with Crippen molar-refractivity contribution in [2.75, 3.05) is 24.9 Å². The Morgan fingerprint density at radius 2 is 2.24 bits per heavy atom. The van der Waals surface area contributed by atoms with E-state index >= 15 is 0 Å². The molecular weight excluding hydrogens is 261 g/mol. The maximum absolute atomic E-state index is 12.0. The molecule has 1 aliphatic rings. The minimum absolute atomic E-state index is 0.499. The molecule has 0 bridgehead atoms. The Morgan fingerprint density at radius 1 is 1.53 bits per heavy atom. The summed E-state index contributed by atoms with van der Waals surface area (Å²) in [4.78, 5) is 10.9. The summed E-state index contributed by atoms with van der Waals surface area (Å²) in [7, 11) is 0. The summed E-state index contributed by atoms with van der Waals surface area (Å²) in [5.74, 6) is -0.150. The first-order chi connectivity index (χ1) is 7.91. The fraction of sp³-hybridized carbons (Fsp3) is 0.667. The number of carbonyl (C=O) groups excluding carboxylic acids is 1. The fourth-order valence-electron chi connectivity index (χ4n) is 0.929. The maximum atomic E-state index is 12.0. The normalized spacial score (nSPS) is 21.0. The number of ether oxygens (including phenoxy) is 3. The molecule has 1 rings (SSSR count). The second-order valence-corrected chi connectivity index (χ2v) is 4.22. The van der Waals surface area contributed by atoms with Crippen molar-refractivity contribution in [2.24, 2.45) is 0 Å². The van der Waals surface area contributed by atoms with Crippen LogP contribution in [0.2, 0.25) is 0 Å². The summed E-state index contributed by atoms with van der Waals surface area (Å²) in [6.07, 6.45) is -5.34. The van der Waals surface area contributed by atoms with Gasteiger partial charge in [-0.15, -0.1) is 0 Å². The van der Waals surface area contributed by atoms with E-state index in [1.807, 2.05) is 0 Å². The highest BCUT2D eigenvalue weighted by Crippen LogP contribution is 2.24. The molecule has 0 aromatic heterocycles. The first-order valence-electron chi connectivity index (χ1n) is 4.65. The number of hydrogen-bond donors (Lipinski definition) is 0. The van der Waals surface area contributed by atoms with Crippen molar-refractivity contribution in [3.63, 3.8) is 0 Å². The molecule has 1 aliphatic heterocycles. The molecule has 8 heteroatoms. The molecule has 4 nitrogen and oxygen atoms in total. The molecule has 1 heterocycles. The molecule has 1 atom stereocenters. The van der Waals surface area contributed by atoms with E-state index in [4.69, 9.17) is 9.47 Å². The van der Waals surface area contributed by atoms with E-state index < -0.39 is 30.8 Å².